The number of aldehydes is 2. The number of rotatable bonds is 9. The van der Waals surface area contributed by atoms with E-state index in [9.17, 15) is 18.8 Å². The van der Waals surface area contributed by atoms with Crippen molar-refractivity contribution in [3.8, 4) is 6.07 Å². The van der Waals surface area contributed by atoms with Gasteiger partial charge in [-0.05, 0) is 68.6 Å². The molecular formula is C36H50FN7O3. The molecule has 0 spiro atoms. The van der Waals surface area contributed by atoms with E-state index in [2.05, 4.69) is 49.4 Å². The number of anilines is 1. The first-order chi connectivity index (χ1) is 22.3. The molecule has 3 unspecified atom stereocenters. The Balaban J connectivity index is 0.000000243. The van der Waals surface area contributed by atoms with Gasteiger partial charge in [0.2, 0.25) is 5.91 Å². The van der Waals surface area contributed by atoms with Crippen LogP contribution in [0.15, 0.2) is 60.8 Å². The van der Waals surface area contributed by atoms with Crippen molar-refractivity contribution in [2.75, 3.05) is 39.5 Å². The molecule has 47 heavy (non-hydrogen) atoms. The number of halogens is 1. The van der Waals surface area contributed by atoms with Crippen LogP contribution in [-0.4, -0.2) is 83.5 Å². The predicted octanol–water partition coefficient (Wildman–Crippen LogP) is 5.55. The van der Waals surface area contributed by atoms with Gasteiger partial charge < -0.3 is 24.7 Å². The molecule has 254 valence electrons. The zero-order chi connectivity index (χ0) is 35.0. The molecule has 11 heteroatoms. The molecule has 1 saturated carbocycles. The Labute approximate surface area is 278 Å². The predicted molar refractivity (Wildman–Crippen MR) is 182 cm³/mol. The Morgan fingerprint density at radius 2 is 1.72 bits per heavy atom. The number of hydrogen-bond donors (Lipinski definition) is 1. The van der Waals surface area contributed by atoms with E-state index in [0.29, 0.717) is 30.7 Å². The molecule has 3 aromatic rings. The van der Waals surface area contributed by atoms with Crippen LogP contribution in [0.4, 0.5) is 10.1 Å². The van der Waals surface area contributed by atoms with Gasteiger partial charge in [-0.2, -0.15) is 5.26 Å². The summed E-state index contributed by atoms with van der Waals surface area (Å²) in [5.41, 5.74) is 3.53. The molecule has 1 amide bonds. The Morgan fingerprint density at radius 3 is 2.19 bits per heavy atom. The third-order valence-corrected chi connectivity index (χ3v) is 6.89. The standard InChI is InChI=1S/C14H14FN3O.C10H15N3O2.C7H9N.C5H12/c15-12-5-1-10(2-6-12)7-13(9-19)18-8-14(16-17-18)11-3-4-11;1-12(2)6-10(15)13-5-8(7-14)3-9(13)4-11;1-8-7-5-3-2-4-6-7;1-5(2,3)4/h1-2,5-6,8-9,11,13H,3-4,7H2;7-9H,3,5-6H2,1-2H3;2-6,8H,1H3;1-4H3. The molecule has 1 aliphatic heterocycles. The normalized spacial score (nSPS) is 17.4. The third kappa shape index (κ3) is 15.1. The summed E-state index contributed by atoms with van der Waals surface area (Å²) < 4.78 is 14.4. The largest absolute Gasteiger partial charge is 0.388 e. The van der Waals surface area contributed by atoms with Crippen LogP contribution in [0, 0.1) is 28.5 Å². The van der Waals surface area contributed by atoms with E-state index in [1.165, 1.54) is 17.0 Å². The highest BCUT2D eigenvalue weighted by molar-refractivity contribution is 5.80. The van der Waals surface area contributed by atoms with Crippen molar-refractivity contribution in [1.82, 2.24) is 24.8 Å². The minimum absolute atomic E-state index is 0.0871. The lowest BCUT2D eigenvalue weighted by Gasteiger charge is -2.21. The van der Waals surface area contributed by atoms with Crippen molar-refractivity contribution in [2.45, 2.75) is 71.4 Å². The number of amides is 1. The maximum atomic E-state index is 12.8. The Bertz CT molecular complexity index is 1400. The lowest BCUT2D eigenvalue weighted by Crippen LogP contribution is -2.40. The second-order valence-electron chi connectivity index (χ2n) is 13.6. The van der Waals surface area contributed by atoms with Crippen LogP contribution in [0.3, 0.4) is 0 Å². The molecule has 2 fully saturated rings. The summed E-state index contributed by atoms with van der Waals surface area (Å²) in [5, 5.41) is 20.0. The van der Waals surface area contributed by atoms with Gasteiger partial charge in [-0.25, -0.2) is 9.07 Å². The fourth-order valence-corrected chi connectivity index (χ4v) is 4.42. The van der Waals surface area contributed by atoms with Gasteiger partial charge in [0.15, 0.2) is 0 Å². The molecule has 2 heterocycles. The topological polar surface area (TPSA) is 124 Å². The summed E-state index contributed by atoms with van der Waals surface area (Å²) in [7, 11) is 5.51. The quantitative estimate of drug-likeness (QED) is 0.300. The van der Waals surface area contributed by atoms with Crippen LogP contribution in [0.25, 0.3) is 0 Å². The van der Waals surface area contributed by atoms with E-state index in [1.807, 2.05) is 43.6 Å². The maximum absolute atomic E-state index is 12.8. The molecule has 2 aliphatic rings. The number of likely N-dealkylation sites (tertiary alicyclic amines) is 1. The van der Waals surface area contributed by atoms with Gasteiger partial charge in [0.05, 0.1) is 18.3 Å². The number of carbonyl (C=O) groups excluding carboxylic acids is 3. The maximum Gasteiger partial charge on any atom is 0.237 e. The molecular weight excluding hydrogens is 597 g/mol. The number of hydrogen-bond acceptors (Lipinski definition) is 8. The first-order valence-corrected chi connectivity index (χ1v) is 15.9. The number of para-hydroxylation sites is 1. The van der Waals surface area contributed by atoms with E-state index in [4.69, 9.17) is 5.26 Å². The number of nitrogens with zero attached hydrogens (tertiary/aromatic N) is 6. The lowest BCUT2D eigenvalue weighted by molar-refractivity contribution is -0.132. The van der Waals surface area contributed by atoms with Crippen LogP contribution in [0.5, 0.6) is 0 Å². The number of benzene rings is 2. The van der Waals surface area contributed by atoms with E-state index in [1.54, 1.807) is 35.8 Å². The van der Waals surface area contributed by atoms with Crippen molar-refractivity contribution >= 4 is 24.2 Å². The van der Waals surface area contributed by atoms with Gasteiger partial charge in [0.25, 0.3) is 0 Å². The van der Waals surface area contributed by atoms with Gasteiger partial charge in [0.1, 0.15) is 30.5 Å². The zero-order valence-corrected chi connectivity index (χ0v) is 28.8. The first-order valence-electron chi connectivity index (χ1n) is 15.9. The van der Waals surface area contributed by atoms with Crippen LogP contribution in [0.1, 0.15) is 70.2 Å². The average molecular weight is 648 g/mol. The number of nitriles is 1. The van der Waals surface area contributed by atoms with Gasteiger partial charge in [-0.3, -0.25) is 4.79 Å². The monoisotopic (exact) mass is 647 g/mol. The molecule has 3 atom stereocenters. The summed E-state index contributed by atoms with van der Waals surface area (Å²) >= 11 is 0. The third-order valence-electron chi connectivity index (χ3n) is 6.89. The molecule has 0 bridgehead atoms. The fourth-order valence-electron chi connectivity index (χ4n) is 4.42. The van der Waals surface area contributed by atoms with E-state index in [0.717, 1.165) is 42.4 Å². The van der Waals surface area contributed by atoms with E-state index in [-0.39, 0.29) is 30.2 Å². The van der Waals surface area contributed by atoms with Crippen molar-refractivity contribution < 1.29 is 18.8 Å². The molecule has 1 aliphatic carbocycles. The molecule has 1 saturated heterocycles. The highest BCUT2D eigenvalue weighted by Gasteiger charge is 2.35. The number of likely N-dealkylation sites (N-methyl/N-ethyl adjacent to an activating group) is 1. The number of nitrogens with one attached hydrogen (secondary N) is 1. The highest BCUT2D eigenvalue weighted by Crippen LogP contribution is 2.38. The second-order valence-corrected chi connectivity index (χ2v) is 13.6. The van der Waals surface area contributed by atoms with Crippen molar-refractivity contribution in [1.29, 1.82) is 5.26 Å². The summed E-state index contributed by atoms with van der Waals surface area (Å²) in [6, 6.07) is 17.5. The second kappa shape index (κ2) is 19.3. The van der Waals surface area contributed by atoms with Crippen LogP contribution in [-0.2, 0) is 20.8 Å². The van der Waals surface area contributed by atoms with Crippen LogP contribution >= 0.6 is 0 Å². The number of carbonyl (C=O) groups is 3. The van der Waals surface area contributed by atoms with E-state index < -0.39 is 6.04 Å². The number of aromatic nitrogens is 3. The molecule has 1 N–H and O–H groups in total. The summed E-state index contributed by atoms with van der Waals surface area (Å²) in [6.07, 6.45) is 6.81. The molecule has 2 aromatic carbocycles. The van der Waals surface area contributed by atoms with Crippen LogP contribution in [0.2, 0.25) is 0 Å². The van der Waals surface area contributed by atoms with Gasteiger partial charge in [-0.1, -0.05) is 63.2 Å². The highest BCUT2D eigenvalue weighted by atomic mass is 19.1. The summed E-state index contributed by atoms with van der Waals surface area (Å²) in [6.45, 7) is 9.41. The summed E-state index contributed by atoms with van der Waals surface area (Å²) in [5.74, 6) is -0.0216. The van der Waals surface area contributed by atoms with E-state index >= 15 is 0 Å². The zero-order valence-electron chi connectivity index (χ0n) is 28.8. The van der Waals surface area contributed by atoms with Crippen molar-refractivity contribution in [3.05, 3.63) is 77.9 Å². The minimum atomic E-state index is -0.437. The lowest BCUT2D eigenvalue weighted by atomic mass is 10.0. The van der Waals surface area contributed by atoms with Crippen molar-refractivity contribution in [3.63, 3.8) is 0 Å². The Morgan fingerprint density at radius 1 is 1.11 bits per heavy atom. The Kier molecular flexibility index (Phi) is 15.9. The van der Waals surface area contributed by atoms with Gasteiger partial charge >= 0.3 is 0 Å². The molecule has 10 nitrogen and oxygen atoms in total. The van der Waals surface area contributed by atoms with Crippen LogP contribution < -0.4 is 5.32 Å². The molecule has 0 radical (unpaired) electrons. The molecule has 5 rings (SSSR count). The molecule has 1 aromatic heterocycles. The van der Waals surface area contributed by atoms with Gasteiger partial charge in [0, 0.05) is 43.7 Å². The first kappa shape index (κ1) is 38.8. The Hall–Kier alpha value is -4.43. The minimum Gasteiger partial charge on any atom is -0.388 e. The average Bonchev–Trinajstić information content (AvgIpc) is 3.60. The van der Waals surface area contributed by atoms with Crippen molar-refractivity contribution in [2.24, 2.45) is 11.3 Å². The summed E-state index contributed by atoms with van der Waals surface area (Å²) in [4.78, 5) is 36.8. The smallest absolute Gasteiger partial charge is 0.237 e. The fraction of sp³-hybridized carbons (Fsp3) is 0.500. The van der Waals surface area contributed by atoms with Gasteiger partial charge in [-0.15, -0.1) is 5.10 Å². The SMILES string of the molecule is CC(C)(C)C.CN(C)CC(=O)N1CC(C=O)CC1C#N.CNc1ccccc1.O=CC(Cc1ccc(F)cc1)n1cc(C2CC2)nn1.